The molecule has 0 aliphatic rings. The number of hydrogen-bond acceptors (Lipinski definition) is 4. The fourth-order valence-corrected chi connectivity index (χ4v) is 2.78. The maximum atomic E-state index is 13.2. The first kappa shape index (κ1) is 17.0. The first-order valence-corrected chi connectivity index (χ1v) is 8.29. The van der Waals surface area contributed by atoms with Gasteiger partial charge in [-0.15, -0.1) is 11.3 Å². The first-order chi connectivity index (χ1) is 12.0. The number of hydrogen-bond donors (Lipinski definition) is 1. The zero-order chi connectivity index (χ0) is 17.8. The molecule has 7 heteroatoms. The lowest BCUT2D eigenvalue weighted by atomic mass is 10.2. The van der Waals surface area contributed by atoms with Gasteiger partial charge in [-0.05, 0) is 43.3 Å². The fourth-order valence-electron chi connectivity index (χ4n) is 2.09. The second-order valence-electron chi connectivity index (χ2n) is 5.28. The molecule has 0 saturated heterocycles. The average Bonchev–Trinajstić information content (AvgIpc) is 3.02. The van der Waals surface area contributed by atoms with Gasteiger partial charge in [0.1, 0.15) is 17.4 Å². The molecule has 0 fully saturated rings. The summed E-state index contributed by atoms with van der Waals surface area (Å²) in [6.07, 6.45) is 0. The minimum absolute atomic E-state index is 0.184. The Morgan fingerprint density at radius 1 is 1.16 bits per heavy atom. The molecule has 0 spiro atoms. The zero-order valence-corrected chi connectivity index (χ0v) is 14.1. The van der Waals surface area contributed by atoms with Crippen LogP contribution in [0.4, 0.5) is 14.5 Å². The number of aromatic nitrogens is 1. The second kappa shape index (κ2) is 7.40. The molecular formula is C18H14F2N2O2S. The Morgan fingerprint density at radius 2 is 1.92 bits per heavy atom. The van der Waals surface area contributed by atoms with Crippen LogP contribution in [0, 0.1) is 18.6 Å². The predicted octanol–water partition coefficient (Wildman–Crippen LogP) is 4.56. The van der Waals surface area contributed by atoms with E-state index in [4.69, 9.17) is 4.74 Å². The number of anilines is 1. The van der Waals surface area contributed by atoms with E-state index < -0.39 is 17.5 Å². The number of carbonyl (C=O) groups excluding carboxylic acids is 1. The quantitative estimate of drug-likeness (QED) is 0.726. The molecule has 1 amide bonds. The van der Waals surface area contributed by atoms with Gasteiger partial charge in [0, 0.05) is 28.4 Å². The Morgan fingerprint density at radius 3 is 2.56 bits per heavy atom. The summed E-state index contributed by atoms with van der Waals surface area (Å²) >= 11 is 1.52. The van der Waals surface area contributed by atoms with Gasteiger partial charge < -0.3 is 10.1 Å². The Balaban J connectivity index is 1.60. The van der Waals surface area contributed by atoms with Gasteiger partial charge in [-0.1, -0.05) is 0 Å². The van der Waals surface area contributed by atoms with Gasteiger partial charge in [0.25, 0.3) is 5.91 Å². The van der Waals surface area contributed by atoms with Crippen molar-refractivity contribution in [1.82, 2.24) is 4.98 Å². The van der Waals surface area contributed by atoms with Crippen molar-refractivity contribution in [1.29, 1.82) is 0 Å². The van der Waals surface area contributed by atoms with Gasteiger partial charge in [0.05, 0.1) is 0 Å². The van der Waals surface area contributed by atoms with Crippen LogP contribution in [0.2, 0.25) is 0 Å². The minimum Gasteiger partial charge on any atom is -0.486 e. The van der Waals surface area contributed by atoms with E-state index in [0.717, 1.165) is 22.8 Å². The van der Waals surface area contributed by atoms with Crippen LogP contribution in [0.3, 0.4) is 0 Å². The molecule has 0 saturated carbocycles. The van der Waals surface area contributed by atoms with Crippen LogP contribution in [0.25, 0.3) is 0 Å². The Bertz CT molecular complexity index is 894. The van der Waals surface area contributed by atoms with Crippen molar-refractivity contribution in [2.75, 3.05) is 5.32 Å². The highest BCUT2D eigenvalue weighted by atomic mass is 32.1. The molecule has 0 radical (unpaired) electrons. The van der Waals surface area contributed by atoms with Gasteiger partial charge in [-0.3, -0.25) is 4.79 Å². The molecule has 128 valence electrons. The normalized spacial score (nSPS) is 10.5. The monoisotopic (exact) mass is 360 g/mol. The molecule has 25 heavy (non-hydrogen) atoms. The van der Waals surface area contributed by atoms with Crippen LogP contribution in [0.15, 0.2) is 47.8 Å². The Hall–Kier alpha value is -2.80. The molecule has 0 atom stereocenters. The maximum Gasteiger partial charge on any atom is 0.255 e. The van der Waals surface area contributed by atoms with Gasteiger partial charge in [-0.25, -0.2) is 13.8 Å². The van der Waals surface area contributed by atoms with E-state index in [1.54, 1.807) is 24.3 Å². The molecule has 1 heterocycles. The average molecular weight is 360 g/mol. The molecule has 0 aliphatic carbocycles. The third-order valence-corrected chi connectivity index (χ3v) is 4.26. The van der Waals surface area contributed by atoms with E-state index in [-0.39, 0.29) is 5.69 Å². The van der Waals surface area contributed by atoms with Crippen LogP contribution in [-0.2, 0) is 6.61 Å². The van der Waals surface area contributed by atoms with Crippen LogP contribution < -0.4 is 10.1 Å². The largest absolute Gasteiger partial charge is 0.486 e. The van der Waals surface area contributed by atoms with E-state index in [0.29, 0.717) is 17.9 Å². The SMILES string of the molecule is Cc1csc(COc2ccc(C(=O)Nc3ccc(F)c(F)c3)cc2)n1. The molecule has 3 rings (SSSR count). The molecular weight excluding hydrogens is 346 g/mol. The molecule has 1 aromatic heterocycles. The standard InChI is InChI=1S/C18H14F2N2O2S/c1-11-10-25-17(21-11)9-24-14-5-2-12(3-6-14)18(23)22-13-4-7-15(19)16(20)8-13/h2-8,10H,9H2,1H3,(H,22,23). The summed E-state index contributed by atoms with van der Waals surface area (Å²) in [5, 5.41) is 5.33. The van der Waals surface area contributed by atoms with Gasteiger partial charge >= 0.3 is 0 Å². The van der Waals surface area contributed by atoms with Crippen LogP contribution in [-0.4, -0.2) is 10.9 Å². The zero-order valence-electron chi connectivity index (χ0n) is 13.3. The van der Waals surface area contributed by atoms with E-state index in [1.165, 1.54) is 17.4 Å². The lowest BCUT2D eigenvalue weighted by Crippen LogP contribution is -2.12. The summed E-state index contributed by atoms with van der Waals surface area (Å²) in [6.45, 7) is 2.28. The number of rotatable bonds is 5. The third-order valence-electron chi connectivity index (χ3n) is 3.32. The number of halogens is 2. The number of nitrogens with one attached hydrogen (secondary N) is 1. The molecule has 0 unspecified atom stereocenters. The summed E-state index contributed by atoms with van der Waals surface area (Å²) < 4.78 is 31.7. The highest BCUT2D eigenvalue weighted by Crippen LogP contribution is 2.18. The van der Waals surface area contributed by atoms with Gasteiger partial charge in [0.15, 0.2) is 11.6 Å². The van der Waals surface area contributed by atoms with E-state index in [1.807, 2.05) is 12.3 Å². The number of benzene rings is 2. The maximum absolute atomic E-state index is 13.2. The van der Waals surface area contributed by atoms with Crippen molar-refractivity contribution < 1.29 is 18.3 Å². The Labute approximate surface area is 147 Å². The number of ether oxygens (including phenoxy) is 1. The summed E-state index contributed by atoms with van der Waals surface area (Å²) in [4.78, 5) is 16.4. The van der Waals surface area contributed by atoms with Gasteiger partial charge in [-0.2, -0.15) is 0 Å². The molecule has 1 N–H and O–H groups in total. The molecule has 4 nitrogen and oxygen atoms in total. The lowest BCUT2D eigenvalue weighted by Gasteiger charge is -2.07. The summed E-state index contributed by atoms with van der Waals surface area (Å²) in [7, 11) is 0. The van der Waals surface area contributed by atoms with Crippen molar-refractivity contribution in [3.8, 4) is 5.75 Å². The highest BCUT2D eigenvalue weighted by Gasteiger charge is 2.09. The lowest BCUT2D eigenvalue weighted by molar-refractivity contribution is 0.102. The third kappa shape index (κ3) is 4.39. The molecule has 3 aromatic rings. The predicted molar refractivity (Wildman–Crippen MR) is 91.9 cm³/mol. The second-order valence-corrected chi connectivity index (χ2v) is 6.22. The van der Waals surface area contributed by atoms with Crippen molar-refractivity contribution in [3.63, 3.8) is 0 Å². The first-order valence-electron chi connectivity index (χ1n) is 7.41. The molecule has 0 aliphatic heterocycles. The highest BCUT2D eigenvalue weighted by molar-refractivity contribution is 7.09. The number of carbonyl (C=O) groups is 1. The molecule has 0 bridgehead atoms. The van der Waals surface area contributed by atoms with E-state index in [2.05, 4.69) is 10.3 Å². The summed E-state index contributed by atoms with van der Waals surface area (Å²) in [6, 6.07) is 9.71. The van der Waals surface area contributed by atoms with E-state index >= 15 is 0 Å². The minimum atomic E-state index is -1.01. The van der Waals surface area contributed by atoms with Crippen molar-refractivity contribution in [2.45, 2.75) is 13.5 Å². The van der Waals surface area contributed by atoms with Crippen LogP contribution in [0.1, 0.15) is 21.1 Å². The number of nitrogens with zero attached hydrogens (tertiary/aromatic N) is 1. The molecule has 2 aromatic carbocycles. The topological polar surface area (TPSA) is 51.2 Å². The van der Waals surface area contributed by atoms with Crippen molar-refractivity contribution >= 4 is 22.9 Å². The smallest absolute Gasteiger partial charge is 0.255 e. The van der Waals surface area contributed by atoms with Crippen molar-refractivity contribution in [3.05, 3.63) is 75.7 Å². The fraction of sp³-hybridized carbons (Fsp3) is 0.111. The summed E-state index contributed by atoms with van der Waals surface area (Å²) in [5.74, 6) is -1.79. The number of thiazole rings is 1. The van der Waals surface area contributed by atoms with E-state index in [9.17, 15) is 13.6 Å². The number of aryl methyl sites for hydroxylation is 1. The van der Waals surface area contributed by atoms with Crippen LogP contribution in [0.5, 0.6) is 5.75 Å². The van der Waals surface area contributed by atoms with Crippen LogP contribution >= 0.6 is 11.3 Å². The Kier molecular flexibility index (Phi) is 5.04. The summed E-state index contributed by atoms with van der Waals surface area (Å²) in [5.41, 5.74) is 1.51. The van der Waals surface area contributed by atoms with Crippen molar-refractivity contribution in [2.24, 2.45) is 0 Å². The van der Waals surface area contributed by atoms with Gasteiger partial charge in [0.2, 0.25) is 0 Å². The number of amides is 1.